The third kappa shape index (κ3) is 6.56. The number of benzene rings is 1. The number of nitrogens with one attached hydrogen (secondary N) is 1. The molecule has 0 spiro atoms. The van der Waals surface area contributed by atoms with Crippen LogP contribution in [0.3, 0.4) is 0 Å². The van der Waals surface area contributed by atoms with Gasteiger partial charge in [-0.15, -0.1) is 0 Å². The number of methoxy groups -OCH3 is 2. The Hall–Kier alpha value is -2.88. The summed E-state index contributed by atoms with van der Waals surface area (Å²) < 4.78 is 13.0. The number of hydrogen-bond donors (Lipinski definition) is 4. The molecule has 0 bridgehead atoms. The van der Waals surface area contributed by atoms with Gasteiger partial charge >= 0.3 is 0 Å². The summed E-state index contributed by atoms with van der Waals surface area (Å²) in [6.45, 7) is 3.96. The van der Waals surface area contributed by atoms with Gasteiger partial charge in [-0.1, -0.05) is 0 Å². The molecule has 1 aromatic carbocycles. The molecular formula is C24H35N5O4. The molecule has 180 valence electrons. The molecule has 33 heavy (non-hydrogen) atoms. The van der Waals surface area contributed by atoms with Crippen molar-refractivity contribution >= 4 is 16.9 Å². The molecule has 1 saturated carbocycles. The predicted molar refractivity (Wildman–Crippen MR) is 128 cm³/mol. The summed E-state index contributed by atoms with van der Waals surface area (Å²) in [6.07, 6.45) is 7.22. The fourth-order valence-electron chi connectivity index (χ4n) is 4.10. The Kier molecular flexibility index (Phi) is 8.12. The standard InChI is InChI=1S/C21H27N5O2.C3H8O2/c1-27-17-6-4-15(19(10-17)28-2)12-23-20-18-7-8-26(21(18)25-13-24-20)16-5-3-14(9-16)11-22;1-3(2,4)5/h4,6-8,10,13-14,16H,3,5,9,11-12,22H2,1-2H3,(H,23,24,25);4-5H,1-2H3. The number of ether oxygens (including phenoxy) is 2. The number of nitrogens with two attached hydrogens (primary N) is 1. The summed E-state index contributed by atoms with van der Waals surface area (Å²) in [5.74, 6) is 1.50. The van der Waals surface area contributed by atoms with Crippen molar-refractivity contribution in [2.75, 3.05) is 26.1 Å². The van der Waals surface area contributed by atoms with E-state index in [4.69, 9.17) is 25.4 Å². The van der Waals surface area contributed by atoms with E-state index < -0.39 is 5.79 Å². The topological polar surface area (TPSA) is 128 Å². The lowest BCUT2D eigenvalue weighted by atomic mass is 10.1. The van der Waals surface area contributed by atoms with E-state index in [0.717, 1.165) is 53.3 Å². The Bertz CT molecular complexity index is 1040. The van der Waals surface area contributed by atoms with E-state index >= 15 is 0 Å². The van der Waals surface area contributed by atoms with Crippen LogP contribution in [0.4, 0.5) is 5.82 Å². The lowest BCUT2D eigenvalue weighted by Gasteiger charge is -2.14. The molecule has 4 rings (SSSR count). The zero-order valence-electron chi connectivity index (χ0n) is 19.8. The molecule has 2 heterocycles. The molecule has 1 aliphatic carbocycles. The van der Waals surface area contributed by atoms with Crippen LogP contribution >= 0.6 is 0 Å². The molecule has 0 aliphatic heterocycles. The molecule has 3 aromatic rings. The fourth-order valence-corrected chi connectivity index (χ4v) is 4.10. The van der Waals surface area contributed by atoms with Gasteiger partial charge in [0.2, 0.25) is 0 Å². The molecule has 0 saturated heterocycles. The van der Waals surface area contributed by atoms with Crippen molar-refractivity contribution in [2.45, 2.75) is 51.5 Å². The number of aliphatic hydroxyl groups is 2. The van der Waals surface area contributed by atoms with E-state index in [-0.39, 0.29) is 0 Å². The molecule has 1 fully saturated rings. The van der Waals surface area contributed by atoms with Crippen LogP contribution in [-0.2, 0) is 6.54 Å². The quantitative estimate of drug-likeness (QED) is 0.399. The van der Waals surface area contributed by atoms with Crippen LogP contribution < -0.4 is 20.5 Å². The highest BCUT2D eigenvalue weighted by Crippen LogP contribution is 2.36. The van der Waals surface area contributed by atoms with Crippen LogP contribution in [0.2, 0.25) is 0 Å². The highest BCUT2D eigenvalue weighted by atomic mass is 16.5. The molecule has 1 aliphatic rings. The van der Waals surface area contributed by atoms with Crippen LogP contribution in [-0.4, -0.2) is 51.3 Å². The van der Waals surface area contributed by atoms with Crippen molar-refractivity contribution in [1.29, 1.82) is 0 Å². The second-order valence-electron chi connectivity index (χ2n) is 8.78. The maximum atomic E-state index is 8.08. The van der Waals surface area contributed by atoms with Crippen molar-refractivity contribution in [2.24, 2.45) is 11.7 Å². The molecule has 9 heteroatoms. The lowest BCUT2D eigenvalue weighted by Crippen LogP contribution is -2.15. The average Bonchev–Trinajstić information content (AvgIpc) is 3.43. The van der Waals surface area contributed by atoms with Gasteiger partial charge in [0.05, 0.1) is 19.6 Å². The smallest absolute Gasteiger partial charge is 0.156 e. The maximum absolute atomic E-state index is 8.08. The van der Waals surface area contributed by atoms with Gasteiger partial charge in [0.1, 0.15) is 29.3 Å². The van der Waals surface area contributed by atoms with Gasteiger partial charge in [-0.25, -0.2) is 9.97 Å². The van der Waals surface area contributed by atoms with E-state index in [9.17, 15) is 0 Å². The first kappa shape index (κ1) is 24.8. The normalized spacial score (nSPS) is 18.0. The van der Waals surface area contributed by atoms with E-state index in [2.05, 4.69) is 32.1 Å². The summed E-state index contributed by atoms with van der Waals surface area (Å²) in [4.78, 5) is 9.01. The van der Waals surface area contributed by atoms with Gasteiger partial charge in [-0.05, 0) is 63.8 Å². The van der Waals surface area contributed by atoms with Gasteiger partial charge in [0, 0.05) is 30.4 Å². The van der Waals surface area contributed by atoms with Gasteiger partial charge in [0.25, 0.3) is 0 Å². The summed E-state index contributed by atoms with van der Waals surface area (Å²) in [5, 5.41) is 20.6. The minimum Gasteiger partial charge on any atom is -0.497 e. The zero-order valence-corrected chi connectivity index (χ0v) is 19.8. The monoisotopic (exact) mass is 457 g/mol. The third-order valence-electron chi connectivity index (χ3n) is 5.69. The van der Waals surface area contributed by atoms with Gasteiger partial charge in [-0.3, -0.25) is 0 Å². The number of fused-ring (bicyclic) bond motifs is 1. The van der Waals surface area contributed by atoms with Crippen LogP contribution in [0, 0.1) is 5.92 Å². The largest absolute Gasteiger partial charge is 0.497 e. The number of hydrogen-bond acceptors (Lipinski definition) is 8. The van der Waals surface area contributed by atoms with E-state index in [1.54, 1.807) is 20.5 Å². The Morgan fingerprint density at radius 1 is 1.15 bits per heavy atom. The Labute approximate surface area is 194 Å². The van der Waals surface area contributed by atoms with Crippen LogP contribution in [0.15, 0.2) is 36.8 Å². The summed E-state index contributed by atoms with van der Waals surface area (Å²) in [7, 11) is 3.31. The molecule has 9 nitrogen and oxygen atoms in total. The fraction of sp³-hybridized carbons (Fsp3) is 0.500. The predicted octanol–water partition coefficient (Wildman–Crippen LogP) is 3.07. The number of rotatable bonds is 7. The van der Waals surface area contributed by atoms with Crippen molar-refractivity contribution in [3.63, 3.8) is 0 Å². The van der Waals surface area contributed by atoms with Crippen molar-refractivity contribution in [1.82, 2.24) is 14.5 Å². The highest BCUT2D eigenvalue weighted by molar-refractivity contribution is 5.87. The van der Waals surface area contributed by atoms with Crippen molar-refractivity contribution < 1.29 is 19.7 Å². The average molecular weight is 458 g/mol. The lowest BCUT2D eigenvalue weighted by molar-refractivity contribution is -0.127. The molecule has 2 unspecified atom stereocenters. The van der Waals surface area contributed by atoms with Gasteiger partial charge < -0.3 is 35.3 Å². The second kappa shape index (κ2) is 10.8. The minimum atomic E-state index is -1.50. The van der Waals surface area contributed by atoms with Crippen molar-refractivity contribution in [3.8, 4) is 11.5 Å². The van der Waals surface area contributed by atoms with Crippen LogP contribution in [0.1, 0.15) is 44.7 Å². The summed E-state index contributed by atoms with van der Waals surface area (Å²) in [6, 6.07) is 8.38. The maximum Gasteiger partial charge on any atom is 0.156 e. The van der Waals surface area contributed by atoms with Gasteiger partial charge in [0.15, 0.2) is 5.79 Å². The van der Waals surface area contributed by atoms with E-state index in [1.165, 1.54) is 20.3 Å². The zero-order chi connectivity index (χ0) is 24.0. The first-order valence-electron chi connectivity index (χ1n) is 11.1. The molecule has 5 N–H and O–H groups in total. The highest BCUT2D eigenvalue weighted by Gasteiger charge is 2.26. The molecule has 0 amide bonds. The number of anilines is 1. The van der Waals surface area contributed by atoms with Gasteiger partial charge in [-0.2, -0.15) is 0 Å². The SMILES string of the molecule is CC(C)(O)O.COc1ccc(CNc2ncnc3c2ccn3C2CCC(CN)C2)c(OC)c1. The molecule has 2 aromatic heterocycles. The Morgan fingerprint density at radius 2 is 1.91 bits per heavy atom. The molecular weight excluding hydrogens is 422 g/mol. The second-order valence-corrected chi connectivity index (χ2v) is 8.78. The third-order valence-corrected chi connectivity index (χ3v) is 5.69. The van der Waals surface area contributed by atoms with Crippen LogP contribution in [0.5, 0.6) is 11.5 Å². The number of aromatic nitrogens is 3. The summed E-state index contributed by atoms with van der Waals surface area (Å²) >= 11 is 0. The molecule has 2 atom stereocenters. The molecule has 0 radical (unpaired) electrons. The van der Waals surface area contributed by atoms with Crippen molar-refractivity contribution in [3.05, 3.63) is 42.4 Å². The Balaban J connectivity index is 0.000000555. The minimum absolute atomic E-state index is 0.468. The van der Waals surface area contributed by atoms with E-state index in [0.29, 0.717) is 18.5 Å². The Morgan fingerprint density at radius 3 is 2.55 bits per heavy atom. The van der Waals surface area contributed by atoms with E-state index in [1.807, 2.05) is 18.2 Å². The number of nitrogens with zero attached hydrogens (tertiary/aromatic N) is 3. The summed E-state index contributed by atoms with van der Waals surface area (Å²) in [5.41, 5.74) is 7.87. The first-order chi connectivity index (χ1) is 15.7. The van der Waals surface area contributed by atoms with Crippen LogP contribution in [0.25, 0.3) is 11.0 Å². The first-order valence-corrected chi connectivity index (χ1v) is 11.1.